The molecule has 0 unspecified atom stereocenters. The van der Waals surface area contributed by atoms with Crippen LogP contribution in [-0.2, 0) is 3.79 Å². The minimum absolute atomic E-state index is 0. The summed E-state index contributed by atoms with van der Waals surface area (Å²) in [6, 6.07) is 0. The molecule has 0 saturated carbocycles. The Hall–Kier alpha value is 0.972. The summed E-state index contributed by atoms with van der Waals surface area (Å²) >= 11 is 0.315. The van der Waals surface area contributed by atoms with E-state index < -0.39 is 0 Å². The number of hydrogen-bond acceptors (Lipinski definition) is 1. The van der Waals surface area contributed by atoms with E-state index in [4.69, 9.17) is 3.79 Å². The summed E-state index contributed by atoms with van der Waals surface area (Å²) in [7, 11) is 1.75. The predicted molar refractivity (Wildman–Crippen MR) is 23.2 cm³/mol. The van der Waals surface area contributed by atoms with Gasteiger partial charge in [0, 0.05) is 0 Å². The largest absolute Gasteiger partial charge is 1.00 e. The van der Waals surface area contributed by atoms with Crippen LogP contribution in [0.5, 0.6) is 0 Å². The molecule has 0 aliphatic carbocycles. The molecule has 0 atom stereocenters. The molecule has 0 rings (SSSR count). The van der Waals surface area contributed by atoms with Gasteiger partial charge in [-0.3, -0.25) is 0 Å². The predicted octanol–water partition coefficient (Wildman–Crippen LogP) is -2.31. The molecule has 0 bridgehead atoms. The van der Waals surface area contributed by atoms with Crippen molar-refractivity contribution in [1.82, 2.24) is 0 Å². The van der Waals surface area contributed by atoms with E-state index in [9.17, 15) is 0 Å². The molecule has 0 amide bonds. The first-order valence-electron chi connectivity index (χ1n) is 1.76. The van der Waals surface area contributed by atoms with E-state index >= 15 is 0 Å². The third-order valence-corrected chi connectivity index (χ3v) is 1.00. The van der Waals surface area contributed by atoms with Crippen molar-refractivity contribution in [2.75, 3.05) is 7.11 Å². The molecule has 6 heavy (non-hydrogen) atoms. The Morgan fingerprint density at radius 3 is 2.17 bits per heavy atom. The molecule has 0 fully saturated rings. The van der Waals surface area contributed by atoms with E-state index in [2.05, 4.69) is 6.92 Å². The zero-order valence-electron chi connectivity index (χ0n) is 4.07. The summed E-state index contributed by atoms with van der Waals surface area (Å²) in [5, 5.41) is 1.20. The molecule has 0 heterocycles. The van der Waals surface area contributed by atoms with Gasteiger partial charge in [0.2, 0.25) is 0 Å². The van der Waals surface area contributed by atoms with Gasteiger partial charge in [0.05, 0.1) is 0 Å². The molecule has 0 aromatic heterocycles. The van der Waals surface area contributed by atoms with Gasteiger partial charge in [-0.2, -0.15) is 0 Å². The zero-order valence-corrected chi connectivity index (χ0v) is 6.81. The van der Waals surface area contributed by atoms with Crippen LogP contribution in [0.1, 0.15) is 6.92 Å². The van der Waals surface area contributed by atoms with Crippen molar-refractivity contribution in [3.8, 4) is 0 Å². The van der Waals surface area contributed by atoms with Gasteiger partial charge in [-0.1, -0.05) is 0 Å². The Bertz CT molecular complexity index is 18.3. The van der Waals surface area contributed by atoms with Crippen LogP contribution in [0.25, 0.3) is 0 Å². The number of rotatable bonds is 2. The topological polar surface area (TPSA) is 9.23 Å². The molecule has 0 aromatic rings. The Kier molecular flexibility index (Phi) is 15.7. The van der Waals surface area contributed by atoms with Crippen molar-refractivity contribution in [2.45, 2.75) is 12.2 Å². The van der Waals surface area contributed by atoms with E-state index in [0.29, 0.717) is 15.6 Å². The smallest absolute Gasteiger partial charge is 1.00 e. The fourth-order valence-corrected chi connectivity index (χ4v) is 0.500. The summed E-state index contributed by atoms with van der Waals surface area (Å²) in [5.41, 5.74) is 0. The molecule has 0 aliphatic heterocycles. The van der Waals surface area contributed by atoms with Crippen molar-refractivity contribution in [3.05, 3.63) is 0 Å². The third-order valence-electron chi connectivity index (χ3n) is 0.333. The normalized spacial score (nSPS) is 5.67. The Labute approximate surface area is 55.9 Å². The minimum Gasteiger partial charge on any atom is -1.00 e. The van der Waals surface area contributed by atoms with Crippen LogP contribution in [0, 0.1) is 0 Å². The quantitative estimate of drug-likeness (QED) is 0.420. The van der Waals surface area contributed by atoms with Crippen LogP contribution < -0.4 is 17.0 Å². The van der Waals surface area contributed by atoms with Gasteiger partial charge in [-0.15, -0.1) is 0 Å². The van der Waals surface area contributed by atoms with Crippen molar-refractivity contribution >= 4 is 15.6 Å². The van der Waals surface area contributed by atoms with Gasteiger partial charge in [-0.05, 0) is 0 Å². The van der Waals surface area contributed by atoms with E-state index in [1.54, 1.807) is 7.11 Å². The molecule has 0 N–H and O–H groups in total. The summed E-state index contributed by atoms with van der Waals surface area (Å²) in [5.74, 6) is 0. The maximum Gasteiger partial charge on any atom is -1.00 e. The summed E-state index contributed by atoms with van der Waals surface area (Å²) < 4.78 is 4.77. The Morgan fingerprint density at radius 1 is 1.67 bits per heavy atom. The van der Waals surface area contributed by atoms with Gasteiger partial charge < -0.3 is 17.0 Å². The number of halogens is 1. The maximum absolute atomic E-state index is 4.77. The first-order chi connectivity index (χ1) is 2.41. The first-order valence-corrected chi connectivity index (χ1v) is 3.05. The van der Waals surface area contributed by atoms with Crippen LogP contribution >= 0.6 is 0 Å². The molecule has 36 valence electrons. The minimum atomic E-state index is 0. The average Bonchev–Trinajstić information content (AvgIpc) is 1.41. The molecule has 3 heteroatoms. The van der Waals surface area contributed by atoms with E-state index in [0.717, 1.165) is 0 Å². The van der Waals surface area contributed by atoms with E-state index in [1.165, 1.54) is 5.28 Å². The van der Waals surface area contributed by atoms with Crippen LogP contribution in [0.3, 0.4) is 0 Å². The van der Waals surface area contributed by atoms with Crippen LogP contribution in [-0.4, -0.2) is 22.7 Å². The average molecular weight is 167 g/mol. The van der Waals surface area contributed by atoms with E-state index in [-0.39, 0.29) is 17.0 Å². The van der Waals surface area contributed by atoms with Gasteiger partial charge in [0.1, 0.15) is 0 Å². The van der Waals surface area contributed by atoms with Crippen molar-refractivity contribution in [2.24, 2.45) is 0 Å². The molecule has 0 aliphatic rings. The van der Waals surface area contributed by atoms with Gasteiger partial charge in [0.25, 0.3) is 0 Å². The standard InChI is InChI=1S/C2H5.CH3O.Al.BrH/c2*1-2;;/h1H2,2H3;1H3;;1H/q;-1;+2;/p-1. The second kappa shape index (κ2) is 9.36. The van der Waals surface area contributed by atoms with Crippen LogP contribution in [0.4, 0.5) is 0 Å². The second-order valence-corrected chi connectivity index (χ2v) is 2.43. The van der Waals surface area contributed by atoms with Crippen molar-refractivity contribution in [3.63, 3.8) is 0 Å². The SMILES string of the molecule is C[CH2][Al+][O]C.[Br-]. The molecule has 1 nitrogen and oxygen atoms in total. The molecular formula is C3H8AlBrO. The second-order valence-electron chi connectivity index (χ2n) is 0.811. The maximum atomic E-state index is 4.77. The fourth-order valence-electron chi connectivity index (χ4n) is 0.167. The fraction of sp³-hybridized carbons (Fsp3) is 1.00. The number of hydrogen-bond donors (Lipinski definition) is 0. The molecule has 0 saturated heterocycles. The van der Waals surface area contributed by atoms with Gasteiger partial charge >= 0.3 is 38.7 Å². The molecule has 0 aromatic carbocycles. The Morgan fingerprint density at radius 2 is 2.17 bits per heavy atom. The summed E-state index contributed by atoms with van der Waals surface area (Å²) in [4.78, 5) is 0. The van der Waals surface area contributed by atoms with Crippen molar-refractivity contribution in [1.29, 1.82) is 0 Å². The summed E-state index contributed by atoms with van der Waals surface area (Å²) in [6.07, 6.45) is 0. The van der Waals surface area contributed by atoms with E-state index in [1.807, 2.05) is 0 Å². The summed E-state index contributed by atoms with van der Waals surface area (Å²) in [6.45, 7) is 2.12. The van der Waals surface area contributed by atoms with Gasteiger partial charge in [-0.25, -0.2) is 0 Å². The first kappa shape index (κ1) is 10.1. The van der Waals surface area contributed by atoms with Gasteiger partial charge in [0.15, 0.2) is 0 Å². The Balaban J connectivity index is 0. The monoisotopic (exact) mass is 166 g/mol. The van der Waals surface area contributed by atoms with Crippen molar-refractivity contribution < 1.29 is 20.8 Å². The molecule has 0 radical (unpaired) electrons. The molecule has 0 spiro atoms. The van der Waals surface area contributed by atoms with Crippen LogP contribution in [0.15, 0.2) is 0 Å². The molecular weight excluding hydrogens is 159 g/mol. The third kappa shape index (κ3) is 8.88. The zero-order chi connectivity index (χ0) is 4.12. The van der Waals surface area contributed by atoms with Crippen LogP contribution in [0.2, 0.25) is 5.28 Å².